The summed E-state index contributed by atoms with van der Waals surface area (Å²) in [6, 6.07) is 3.84. The van der Waals surface area contributed by atoms with Crippen molar-refractivity contribution >= 4 is 30.1 Å². The van der Waals surface area contributed by atoms with E-state index in [9.17, 15) is 4.79 Å². The van der Waals surface area contributed by atoms with Gasteiger partial charge in [0.1, 0.15) is 0 Å². The third-order valence-electron chi connectivity index (χ3n) is 2.98. The predicted octanol–water partition coefficient (Wildman–Crippen LogP) is 2.15. The number of carbonyl (C=O) groups is 1. The Labute approximate surface area is 136 Å². The zero-order chi connectivity index (χ0) is 15.1. The quantitative estimate of drug-likeness (QED) is 0.774. The zero-order valence-corrected chi connectivity index (χ0v) is 14.5. The van der Waals surface area contributed by atoms with Crippen LogP contribution in [0.2, 0.25) is 0 Å². The largest absolute Gasteiger partial charge is 0.493 e. The van der Waals surface area contributed by atoms with Gasteiger partial charge in [0.15, 0.2) is 11.5 Å². The molecule has 0 radical (unpaired) electrons. The van der Waals surface area contributed by atoms with Crippen LogP contribution in [0.1, 0.15) is 12.0 Å². The number of halogens is 1. The van der Waals surface area contributed by atoms with Gasteiger partial charge in [-0.2, -0.15) is 0 Å². The normalized spacial score (nSPS) is 9.76. The number of nitrogens with two attached hydrogens (primary N) is 1. The number of ether oxygens (including phenoxy) is 2. The van der Waals surface area contributed by atoms with Crippen LogP contribution in [0, 0.1) is 0 Å². The summed E-state index contributed by atoms with van der Waals surface area (Å²) in [4.78, 5) is 14.5. The number of amides is 1. The lowest BCUT2D eigenvalue weighted by Gasteiger charge is -2.20. The number of rotatable bonds is 7. The summed E-state index contributed by atoms with van der Waals surface area (Å²) in [6.07, 6.45) is 2.35. The lowest BCUT2D eigenvalue weighted by molar-refractivity contribution is -0.130. The van der Waals surface area contributed by atoms with Gasteiger partial charge in [-0.15, -0.1) is 24.2 Å². The molecule has 1 aromatic carbocycles. The number of methoxy groups -OCH3 is 2. The van der Waals surface area contributed by atoms with Crippen LogP contribution >= 0.6 is 24.2 Å². The molecule has 1 rings (SSSR count). The van der Waals surface area contributed by atoms with Gasteiger partial charge in [-0.1, -0.05) is 0 Å². The summed E-state index contributed by atoms with van der Waals surface area (Å²) in [5, 5.41) is 0. The molecular formula is C14H23ClN2O3S. The number of hydrogen-bond acceptors (Lipinski definition) is 5. The molecule has 0 aliphatic heterocycles. The number of hydrogen-bond donors (Lipinski definition) is 1. The maximum absolute atomic E-state index is 11.8. The Hall–Kier alpha value is -1.11. The first-order chi connectivity index (χ1) is 9.57. The van der Waals surface area contributed by atoms with E-state index in [1.54, 1.807) is 37.9 Å². The van der Waals surface area contributed by atoms with Gasteiger partial charge in [0, 0.05) is 31.5 Å². The topological polar surface area (TPSA) is 64.8 Å². The fourth-order valence-corrected chi connectivity index (χ4v) is 2.48. The molecule has 0 heterocycles. The molecule has 21 heavy (non-hydrogen) atoms. The van der Waals surface area contributed by atoms with Gasteiger partial charge in [-0.05, 0) is 24.0 Å². The average molecular weight is 335 g/mol. The Morgan fingerprint density at radius 3 is 2.33 bits per heavy atom. The van der Waals surface area contributed by atoms with Gasteiger partial charge >= 0.3 is 0 Å². The average Bonchev–Trinajstić information content (AvgIpc) is 2.46. The molecule has 1 amide bonds. The van der Waals surface area contributed by atoms with Gasteiger partial charge in [0.25, 0.3) is 0 Å². The lowest BCUT2D eigenvalue weighted by atomic mass is 10.2. The van der Waals surface area contributed by atoms with Gasteiger partial charge in [-0.3, -0.25) is 4.79 Å². The van der Waals surface area contributed by atoms with E-state index in [0.717, 1.165) is 10.5 Å². The maximum Gasteiger partial charge on any atom is 0.223 e. The number of benzene rings is 1. The number of carbonyl (C=O) groups excluding carboxylic acids is 1. The van der Waals surface area contributed by atoms with Crippen LogP contribution in [0.25, 0.3) is 0 Å². The zero-order valence-electron chi connectivity index (χ0n) is 12.8. The molecule has 0 saturated heterocycles. The molecule has 0 bridgehead atoms. The van der Waals surface area contributed by atoms with Crippen LogP contribution in [-0.2, 0) is 11.3 Å². The highest BCUT2D eigenvalue weighted by Gasteiger charge is 2.14. The molecule has 0 unspecified atom stereocenters. The second-order valence-corrected chi connectivity index (χ2v) is 5.16. The summed E-state index contributed by atoms with van der Waals surface area (Å²) in [5.41, 5.74) is 6.44. The van der Waals surface area contributed by atoms with E-state index in [-0.39, 0.29) is 18.3 Å². The summed E-state index contributed by atoms with van der Waals surface area (Å²) in [7, 11) is 4.99. The molecule has 0 spiro atoms. The lowest BCUT2D eigenvalue weighted by Crippen LogP contribution is -2.28. The molecule has 0 saturated carbocycles. The summed E-state index contributed by atoms with van der Waals surface area (Å²) >= 11 is 1.61. The van der Waals surface area contributed by atoms with Crippen molar-refractivity contribution in [2.75, 3.05) is 34.1 Å². The van der Waals surface area contributed by atoms with E-state index < -0.39 is 0 Å². The highest BCUT2D eigenvalue weighted by Crippen LogP contribution is 2.35. The van der Waals surface area contributed by atoms with Crippen molar-refractivity contribution in [3.63, 3.8) is 0 Å². The van der Waals surface area contributed by atoms with Crippen molar-refractivity contribution in [3.05, 3.63) is 17.7 Å². The molecule has 1 aromatic rings. The monoisotopic (exact) mass is 334 g/mol. The van der Waals surface area contributed by atoms with E-state index in [2.05, 4.69) is 0 Å². The molecule has 0 atom stereocenters. The fraction of sp³-hybridized carbons (Fsp3) is 0.500. The molecule has 2 N–H and O–H groups in total. The first-order valence-corrected chi connectivity index (χ1v) is 7.52. The molecule has 0 aliphatic carbocycles. The van der Waals surface area contributed by atoms with Crippen LogP contribution in [0.4, 0.5) is 0 Å². The van der Waals surface area contributed by atoms with Crippen molar-refractivity contribution in [2.45, 2.75) is 17.9 Å². The van der Waals surface area contributed by atoms with E-state index in [1.807, 2.05) is 18.4 Å². The molecular weight excluding hydrogens is 312 g/mol. The maximum atomic E-state index is 11.8. The summed E-state index contributed by atoms with van der Waals surface area (Å²) in [6.45, 7) is 0.889. The Bertz CT molecular complexity index is 472. The van der Waals surface area contributed by atoms with Crippen molar-refractivity contribution in [1.82, 2.24) is 4.90 Å². The summed E-state index contributed by atoms with van der Waals surface area (Å²) in [5.74, 6) is 1.39. The minimum absolute atomic E-state index is 0. The Kier molecular flexibility index (Phi) is 9.24. The van der Waals surface area contributed by atoms with E-state index >= 15 is 0 Å². The van der Waals surface area contributed by atoms with E-state index in [1.165, 1.54) is 0 Å². The highest BCUT2D eigenvalue weighted by molar-refractivity contribution is 7.98. The fourth-order valence-electron chi connectivity index (χ4n) is 1.87. The van der Waals surface area contributed by atoms with Gasteiger partial charge < -0.3 is 20.1 Å². The number of thioether (sulfide) groups is 1. The minimum atomic E-state index is 0. The van der Waals surface area contributed by atoms with Gasteiger partial charge in [-0.25, -0.2) is 0 Å². The SMILES string of the molecule is COc1cc(CN(C)C(=O)CCN)c(SC)cc1OC.Cl. The number of nitrogens with zero attached hydrogens (tertiary/aromatic N) is 1. The van der Waals surface area contributed by atoms with Gasteiger partial charge in [0.2, 0.25) is 5.91 Å². The predicted molar refractivity (Wildman–Crippen MR) is 88.7 cm³/mol. The minimum Gasteiger partial charge on any atom is -0.493 e. The first kappa shape index (κ1) is 19.9. The van der Waals surface area contributed by atoms with E-state index in [0.29, 0.717) is 31.0 Å². The summed E-state index contributed by atoms with van der Waals surface area (Å²) < 4.78 is 10.6. The van der Waals surface area contributed by atoms with Gasteiger partial charge in [0.05, 0.1) is 14.2 Å². The second-order valence-electron chi connectivity index (χ2n) is 4.31. The van der Waals surface area contributed by atoms with Crippen LogP contribution in [0.3, 0.4) is 0 Å². The first-order valence-electron chi connectivity index (χ1n) is 6.30. The van der Waals surface area contributed by atoms with E-state index in [4.69, 9.17) is 15.2 Å². The molecule has 0 fully saturated rings. The third-order valence-corrected chi connectivity index (χ3v) is 3.80. The van der Waals surface area contributed by atoms with Crippen molar-refractivity contribution < 1.29 is 14.3 Å². The molecule has 5 nitrogen and oxygen atoms in total. The second kappa shape index (κ2) is 9.76. The molecule has 7 heteroatoms. The van der Waals surface area contributed by atoms with Crippen LogP contribution in [0.5, 0.6) is 11.5 Å². The van der Waals surface area contributed by atoms with Crippen LogP contribution in [-0.4, -0.2) is 44.9 Å². The standard InChI is InChI=1S/C14H22N2O3S.ClH/c1-16(14(17)5-6-15)9-10-7-11(18-2)12(19-3)8-13(10)20-4;/h7-8H,5-6,9,15H2,1-4H3;1H. The smallest absolute Gasteiger partial charge is 0.223 e. The Morgan fingerprint density at radius 2 is 1.86 bits per heavy atom. The Morgan fingerprint density at radius 1 is 1.29 bits per heavy atom. The highest BCUT2D eigenvalue weighted by atomic mass is 35.5. The van der Waals surface area contributed by atoms with Crippen LogP contribution in [0.15, 0.2) is 17.0 Å². The van der Waals surface area contributed by atoms with Crippen molar-refractivity contribution in [2.24, 2.45) is 5.73 Å². The van der Waals surface area contributed by atoms with Crippen molar-refractivity contribution in [1.29, 1.82) is 0 Å². The Balaban J connectivity index is 0.00000400. The molecule has 0 aliphatic rings. The van der Waals surface area contributed by atoms with Crippen LogP contribution < -0.4 is 15.2 Å². The molecule has 0 aromatic heterocycles. The molecule has 120 valence electrons. The van der Waals surface area contributed by atoms with Crippen molar-refractivity contribution in [3.8, 4) is 11.5 Å². The third kappa shape index (κ3) is 5.30.